The van der Waals surface area contributed by atoms with Crippen LogP contribution in [0.25, 0.3) is 0 Å². The van der Waals surface area contributed by atoms with E-state index in [9.17, 15) is 5.11 Å². The quantitative estimate of drug-likeness (QED) is 0.844. The van der Waals surface area contributed by atoms with Crippen LogP contribution in [0.15, 0.2) is 12.1 Å². The summed E-state index contributed by atoms with van der Waals surface area (Å²) in [5, 5.41) is 13.1. The molecule has 0 atom stereocenters. The third-order valence-corrected chi connectivity index (χ3v) is 3.60. The molecule has 3 heteroatoms. The van der Waals surface area contributed by atoms with Crippen LogP contribution in [0.4, 0.5) is 0 Å². The Morgan fingerprint density at radius 3 is 2.71 bits per heavy atom. The number of hydrogen-bond acceptors (Lipinski definition) is 3. The third kappa shape index (κ3) is 2.91. The lowest BCUT2D eigenvalue weighted by atomic mass is 9.89. The van der Waals surface area contributed by atoms with Crippen molar-refractivity contribution in [3.05, 3.63) is 23.3 Å². The van der Waals surface area contributed by atoms with Gasteiger partial charge in [0.25, 0.3) is 0 Å². The van der Waals surface area contributed by atoms with Crippen LogP contribution in [0.2, 0.25) is 0 Å². The van der Waals surface area contributed by atoms with Crippen molar-refractivity contribution in [2.75, 3.05) is 20.2 Å². The van der Waals surface area contributed by atoms with Gasteiger partial charge < -0.3 is 15.2 Å². The maximum absolute atomic E-state index is 9.69. The van der Waals surface area contributed by atoms with E-state index in [1.807, 2.05) is 6.07 Å². The third-order valence-electron chi connectivity index (χ3n) is 3.60. The second kappa shape index (κ2) is 5.41. The molecule has 1 aliphatic heterocycles. The van der Waals surface area contributed by atoms with Crippen LogP contribution in [0.5, 0.6) is 11.5 Å². The fourth-order valence-electron chi connectivity index (χ4n) is 2.50. The standard InChI is InChI=1S/C14H21NO2/c1-10-7-13(16)14(17-2)9-12(10)8-11-3-5-15-6-4-11/h7,9,11,15-16H,3-6,8H2,1-2H3. The molecule has 2 rings (SSSR count). The Morgan fingerprint density at radius 1 is 1.35 bits per heavy atom. The second-order valence-corrected chi connectivity index (χ2v) is 4.85. The number of ether oxygens (including phenoxy) is 1. The highest BCUT2D eigenvalue weighted by Crippen LogP contribution is 2.31. The summed E-state index contributed by atoms with van der Waals surface area (Å²) in [6, 6.07) is 3.78. The molecule has 1 heterocycles. The van der Waals surface area contributed by atoms with Gasteiger partial charge in [0.2, 0.25) is 0 Å². The summed E-state index contributed by atoms with van der Waals surface area (Å²) in [5.41, 5.74) is 2.45. The lowest BCUT2D eigenvalue weighted by Gasteiger charge is -2.23. The van der Waals surface area contributed by atoms with Crippen LogP contribution in [-0.2, 0) is 6.42 Å². The molecule has 1 saturated heterocycles. The zero-order valence-electron chi connectivity index (χ0n) is 10.6. The van der Waals surface area contributed by atoms with Gasteiger partial charge in [-0.05, 0) is 68.5 Å². The molecule has 0 radical (unpaired) electrons. The number of piperidine rings is 1. The van der Waals surface area contributed by atoms with Crippen LogP contribution in [-0.4, -0.2) is 25.3 Å². The van der Waals surface area contributed by atoms with E-state index >= 15 is 0 Å². The zero-order valence-corrected chi connectivity index (χ0v) is 10.6. The topological polar surface area (TPSA) is 41.5 Å². The van der Waals surface area contributed by atoms with Crippen LogP contribution in [0.3, 0.4) is 0 Å². The molecular weight excluding hydrogens is 214 g/mol. The van der Waals surface area contributed by atoms with Gasteiger partial charge in [-0.2, -0.15) is 0 Å². The first-order chi connectivity index (χ1) is 8.20. The predicted octanol–water partition coefficient (Wildman–Crippen LogP) is 2.25. The summed E-state index contributed by atoms with van der Waals surface area (Å²) < 4.78 is 5.17. The fraction of sp³-hybridized carbons (Fsp3) is 0.571. The summed E-state index contributed by atoms with van der Waals surface area (Å²) in [6.45, 7) is 4.30. The Morgan fingerprint density at radius 2 is 2.06 bits per heavy atom. The van der Waals surface area contributed by atoms with Crippen LogP contribution in [0.1, 0.15) is 24.0 Å². The summed E-state index contributed by atoms with van der Waals surface area (Å²) in [7, 11) is 1.60. The summed E-state index contributed by atoms with van der Waals surface area (Å²) in [4.78, 5) is 0. The lowest BCUT2D eigenvalue weighted by molar-refractivity contribution is 0.363. The van der Waals surface area contributed by atoms with Gasteiger partial charge in [-0.15, -0.1) is 0 Å². The van der Waals surface area contributed by atoms with Gasteiger partial charge in [0, 0.05) is 0 Å². The summed E-state index contributed by atoms with van der Waals surface area (Å²) >= 11 is 0. The maximum Gasteiger partial charge on any atom is 0.160 e. The minimum absolute atomic E-state index is 0.235. The number of hydrogen-bond donors (Lipinski definition) is 2. The monoisotopic (exact) mass is 235 g/mol. The first-order valence-corrected chi connectivity index (χ1v) is 6.28. The molecule has 1 fully saturated rings. The second-order valence-electron chi connectivity index (χ2n) is 4.85. The zero-order chi connectivity index (χ0) is 12.3. The predicted molar refractivity (Wildman–Crippen MR) is 68.7 cm³/mol. The van der Waals surface area contributed by atoms with Gasteiger partial charge in [-0.1, -0.05) is 0 Å². The van der Waals surface area contributed by atoms with E-state index in [2.05, 4.69) is 12.2 Å². The fourth-order valence-corrected chi connectivity index (χ4v) is 2.50. The van der Waals surface area contributed by atoms with Crippen LogP contribution in [0, 0.1) is 12.8 Å². The SMILES string of the molecule is COc1cc(CC2CCNCC2)c(C)cc1O. The average Bonchev–Trinajstić information content (AvgIpc) is 2.34. The molecular formula is C14H21NO2. The molecule has 0 amide bonds. The Hall–Kier alpha value is -1.22. The molecule has 1 aromatic rings. The van der Waals surface area contributed by atoms with E-state index in [0.717, 1.165) is 31.0 Å². The van der Waals surface area contributed by atoms with E-state index < -0.39 is 0 Å². The number of rotatable bonds is 3. The first kappa shape index (κ1) is 12.2. The van der Waals surface area contributed by atoms with Crippen LogP contribution < -0.4 is 10.1 Å². The summed E-state index contributed by atoms with van der Waals surface area (Å²) in [5.74, 6) is 1.57. The number of phenols is 1. The Labute approximate surface area is 103 Å². The van der Waals surface area contributed by atoms with Gasteiger partial charge in [0.1, 0.15) is 0 Å². The normalized spacial score (nSPS) is 17.1. The molecule has 0 aromatic heterocycles. The lowest BCUT2D eigenvalue weighted by Crippen LogP contribution is -2.28. The van der Waals surface area contributed by atoms with Crippen molar-refractivity contribution >= 4 is 0 Å². The van der Waals surface area contributed by atoms with Crippen molar-refractivity contribution in [1.82, 2.24) is 5.32 Å². The number of phenolic OH excluding ortho intramolecular Hbond substituents is 1. The van der Waals surface area contributed by atoms with Crippen LogP contribution >= 0.6 is 0 Å². The minimum Gasteiger partial charge on any atom is -0.504 e. The number of aryl methyl sites for hydroxylation is 1. The Bertz CT molecular complexity index is 384. The maximum atomic E-state index is 9.69. The minimum atomic E-state index is 0.235. The van der Waals surface area contributed by atoms with Gasteiger partial charge in [0.05, 0.1) is 7.11 Å². The number of benzene rings is 1. The van der Waals surface area contributed by atoms with Crippen molar-refractivity contribution in [2.45, 2.75) is 26.2 Å². The van der Waals surface area contributed by atoms with Crippen molar-refractivity contribution in [1.29, 1.82) is 0 Å². The molecule has 1 aliphatic rings. The molecule has 0 bridgehead atoms. The van der Waals surface area contributed by atoms with Gasteiger partial charge >= 0.3 is 0 Å². The molecule has 0 unspecified atom stereocenters. The summed E-state index contributed by atoms with van der Waals surface area (Å²) in [6.07, 6.45) is 3.56. The van der Waals surface area contributed by atoms with E-state index in [0.29, 0.717) is 5.75 Å². The number of nitrogens with one attached hydrogen (secondary N) is 1. The molecule has 94 valence electrons. The van der Waals surface area contributed by atoms with Gasteiger partial charge in [-0.25, -0.2) is 0 Å². The van der Waals surface area contributed by atoms with E-state index in [1.165, 1.54) is 18.4 Å². The highest BCUT2D eigenvalue weighted by atomic mass is 16.5. The van der Waals surface area contributed by atoms with Gasteiger partial charge in [-0.3, -0.25) is 0 Å². The first-order valence-electron chi connectivity index (χ1n) is 6.28. The van der Waals surface area contributed by atoms with E-state index in [1.54, 1.807) is 13.2 Å². The van der Waals surface area contributed by atoms with E-state index in [4.69, 9.17) is 4.74 Å². The average molecular weight is 235 g/mol. The molecule has 3 nitrogen and oxygen atoms in total. The van der Waals surface area contributed by atoms with Crippen molar-refractivity contribution in [2.24, 2.45) is 5.92 Å². The highest BCUT2D eigenvalue weighted by Gasteiger charge is 2.16. The Kier molecular flexibility index (Phi) is 3.89. The Balaban J connectivity index is 2.13. The van der Waals surface area contributed by atoms with Gasteiger partial charge in [0.15, 0.2) is 11.5 Å². The number of aromatic hydroxyl groups is 1. The smallest absolute Gasteiger partial charge is 0.160 e. The van der Waals surface area contributed by atoms with Crippen molar-refractivity contribution in [3.63, 3.8) is 0 Å². The van der Waals surface area contributed by atoms with Crippen molar-refractivity contribution in [3.8, 4) is 11.5 Å². The molecule has 0 saturated carbocycles. The molecule has 0 aliphatic carbocycles. The molecule has 2 N–H and O–H groups in total. The molecule has 0 spiro atoms. The van der Waals surface area contributed by atoms with Crippen molar-refractivity contribution < 1.29 is 9.84 Å². The highest BCUT2D eigenvalue weighted by molar-refractivity contribution is 5.46. The number of methoxy groups -OCH3 is 1. The van der Waals surface area contributed by atoms with E-state index in [-0.39, 0.29) is 5.75 Å². The molecule has 17 heavy (non-hydrogen) atoms. The largest absolute Gasteiger partial charge is 0.504 e. The molecule has 1 aromatic carbocycles.